The topological polar surface area (TPSA) is 130 Å². The maximum absolute atomic E-state index is 12.3. The van der Waals surface area contributed by atoms with Crippen molar-refractivity contribution < 1.29 is 29.0 Å². The smallest absolute Gasteiger partial charge is 0.407 e. The second kappa shape index (κ2) is 9.88. The molecule has 11 heteroatoms. The summed E-state index contributed by atoms with van der Waals surface area (Å²) in [6.07, 6.45) is 1.23. The summed E-state index contributed by atoms with van der Waals surface area (Å²) in [6.45, 7) is 6.16. The molecule has 2 rings (SSSR count). The summed E-state index contributed by atoms with van der Waals surface area (Å²) in [5, 5.41) is 16.7. The largest absolute Gasteiger partial charge is 0.467 e. The molecule has 2 atom stereocenters. The molecule has 0 saturated carbocycles. The maximum Gasteiger partial charge on any atom is 0.407 e. The van der Waals surface area contributed by atoms with E-state index in [1.807, 2.05) is 25.7 Å². The van der Waals surface area contributed by atoms with Crippen LogP contribution in [0.2, 0.25) is 0 Å². The van der Waals surface area contributed by atoms with Gasteiger partial charge in [-0.25, -0.2) is 14.6 Å². The Balaban J connectivity index is 1.96. The van der Waals surface area contributed by atoms with Gasteiger partial charge in [0, 0.05) is 24.5 Å². The third-order valence-corrected chi connectivity index (χ3v) is 5.01. The number of nitrogens with one attached hydrogen (secondary N) is 2. The summed E-state index contributed by atoms with van der Waals surface area (Å²) in [6, 6.07) is -1.23. The molecule has 3 N–H and O–H groups in total. The molecule has 0 radical (unpaired) electrons. The number of thiazole rings is 1. The Morgan fingerprint density at radius 1 is 1.41 bits per heavy atom. The van der Waals surface area contributed by atoms with Gasteiger partial charge in [0.1, 0.15) is 11.3 Å². The van der Waals surface area contributed by atoms with Crippen LogP contribution in [-0.2, 0) is 14.3 Å². The molecule has 0 aromatic carbocycles. The third kappa shape index (κ3) is 6.86. The van der Waals surface area contributed by atoms with Crippen LogP contribution in [-0.4, -0.2) is 72.6 Å². The maximum atomic E-state index is 12.3. The first-order chi connectivity index (χ1) is 13.6. The molecular formula is C18H28N4O6S. The van der Waals surface area contributed by atoms with Crippen molar-refractivity contribution in [3.8, 4) is 0 Å². The number of ether oxygens (including phenoxy) is 2. The number of methoxy groups -OCH3 is 1. The van der Waals surface area contributed by atoms with Gasteiger partial charge in [-0.3, -0.25) is 4.79 Å². The zero-order chi connectivity index (χ0) is 21.6. The summed E-state index contributed by atoms with van der Waals surface area (Å²) >= 11 is 1.30. The zero-order valence-corrected chi connectivity index (χ0v) is 17.9. The number of anilines is 1. The molecule has 2 heterocycles. The van der Waals surface area contributed by atoms with E-state index >= 15 is 0 Å². The van der Waals surface area contributed by atoms with Crippen LogP contribution in [0.5, 0.6) is 0 Å². The first-order valence-corrected chi connectivity index (χ1v) is 10.2. The van der Waals surface area contributed by atoms with Crippen LogP contribution in [0.3, 0.4) is 0 Å². The number of nitrogens with zero attached hydrogens (tertiary/aromatic N) is 2. The fourth-order valence-corrected chi connectivity index (χ4v) is 3.65. The lowest BCUT2D eigenvalue weighted by Gasteiger charge is -2.33. The lowest BCUT2D eigenvalue weighted by molar-refractivity contribution is -0.143. The number of hydrogen-bond acceptors (Lipinski definition) is 9. The number of alkyl carbamates (subject to hydrolysis) is 1. The Morgan fingerprint density at radius 2 is 2.14 bits per heavy atom. The SMILES string of the molecule is COC(=O)[C@H](CO)NC(=O)c1csc(N2CCC[C@H](NC(=O)OC(C)(C)C)C2)n1. The molecule has 1 fully saturated rings. The van der Waals surface area contributed by atoms with Gasteiger partial charge in [-0.05, 0) is 33.6 Å². The minimum Gasteiger partial charge on any atom is -0.467 e. The van der Waals surface area contributed by atoms with E-state index in [1.165, 1.54) is 18.4 Å². The predicted octanol–water partition coefficient (Wildman–Crippen LogP) is 0.900. The van der Waals surface area contributed by atoms with Crippen molar-refractivity contribution >= 4 is 34.4 Å². The number of aliphatic hydroxyl groups is 1. The highest BCUT2D eigenvalue weighted by atomic mass is 32.1. The van der Waals surface area contributed by atoms with Crippen molar-refractivity contribution in [2.45, 2.75) is 51.3 Å². The van der Waals surface area contributed by atoms with Gasteiger partial charge in [0.15, 0.2) is 11.2 Å². The van der Waals surface area contributed by atoms with Crippen LogP contribution >= 0.6 is 11.3 Å². The van der Waals surface area contributed by atoms with Crippen LogP contribution in [0, 0.1) is 0 Å². The van der Waals surface area contributed by atoms with Gasteiger partial charge in [0.05, 0.1) is 13.7 Å². The third-order valence-electron chi connectivity index (χ3n) is 4.11. The van der Waals surface area contributed by atoms with E-state index in [4.69, 9.17) is 4.74 Å². The van der Waals surface area contributed by atoms with Gasteiger partial charge in [-0.1, -0.05) is 0 Å². The van der Waals surface area contributed by atoms with Gasteiger partial charge in [-0.2, -0.15) is 0 Å². The quantitative estimate of drug-likeness (QED) is 0.570. The Labute approximate surface area is 173 Å². The second-order valence-corrected chi connectivity index (χ2v) is 8.52. The summed E-state index contributed by atoms with van der Waals surface area (Å²) in [5.74, 6) is -1.30. The molecule has 162 valence electrons. The Morgan fingerprint density at radius 3 is 2.76 bits per heavy atom. The van der Waals surface area contributed by atoms with Crippen LogP contribution in [0.15, 0.2) is 5.38 Å². The fourth-order valence-electron chi connectivity index (χ4n) is 2.81. The molecular weight excluding hydrogens is 400 g/mol. The molecule has 0 unspecified atom stereocenters. The number of hydrogen-bond donors (Lipinski definition) is 3. The van der Waals surface area contributed by atoms with Gasteiger partial charge in [0.25, 0.3) is 5.91 Å². The van der Waals surface area contributed by atoms with Crippen molar-refractivity contribution in [2.75, 3.05) is 31.7 Å². The highest BCUT2D eigenvalue weighted by molar-refractivity contribution is 7.13. The standard InChI is InChI=1S/C18H28N4O6S/c1-18(2,3)28-17(26)19-11-6-5-7-22(8-11)16-21-13(10-29-16)14(24)20-12(9-23)15(25)27-4/h10-12,23H,5-9H2,1-4H3,(H,19,26)(H,20,24)/t11-,12-/m0/s1. The van der Waals surface area contributed by atoms with E-state index in [0.29, 0.717) is 11.7 Å². The van der Waals surface area contributed by atoms with Gasteiger partial charge < -0.3 is 30.1 Å². The van der Waals surface area contributed by atoms with Crippen molar-refractivity contribution in [1.29, 1.82) is 0 Å². The summed E-state index contributed by atoms with van der Waals surface area (Å²) in [5.41, 5.74) is -0.415. The van der Waals surface area contributed by atoms with Crippen molar-refractivity contribution in [3.63, 3.8) is 0 Å². The Bertz CT molecular complexity index is 732. The average Bonchev–Trinajstić information content (AvgIpc) is 3.14. The normalized spacial score (nSPS) is 18.0. The molecule has 0 aliphatic carbocycles. The number of carbonyl (C=O) groups is 3. The minimum absolute atomic E-state index is 0.0853. The van der Waals surface area contributed by atoms with E-state index in [2.05, 4.69) is 20.4 Å². The number of esters is 1. The Kier molecular flexibility index (Phi) is 7.80. The van der Waals surface area contributed by atoms with Crippen molar-refractivity contribution in [3.05, 3.63) is 11.1 Å². The number of piperidine rings is 1. The molecule has 1 aliphatic rings. The lowest BCUT2D eigenvalue weighted by Crippen LogP contribution is -2.49. The molecule has 0 spiro atoms. The lowest BCUT2D eigenvalue weighted by atomic mass is 10.1. The average molecular weight is 429 g/mol. The van der Waals surface area contributed by atoms with E-state index in [1.54, 1.807) is 5.38 Å². The number of rotatable bonds is 6. The highest BCUT2D eigenvalue weighted by Gasteiger charge is 2.27. The van der Waals surface area contributed by atoms with Crippen molar-refractivity contribution in [1.82, 2.24) is 15.6 Å². The number of amides is 2. The van der Waals surface area contributed by atoms with Gasteiger partial charge >= 0.3 is 12.1 Å². The van der Waals surface area contributed by atoms with E-state index in [-0.39, 0.29) is 11.7 Å². The number of aromatic nitrogens is 1. The molecule has 2 amide bonds. The number of aliphatic hydroxyl groups excluding tert-OH is 1. The Hall–Kier alpha value is -2.40. The van der Waals surface area contributed by atoms with Crippen LogP contribution in [0.1, 0.15) is 44.1 Å². The minimum atomic E-state index is -1.14. The van der Waals surface area contributed by atoms with Gasteiger partial charge in [-0.15, -0.1) is 11.3 Å². The fraction of sp³-hybridized carbons (Fsp3) is 0.667. The molecule has 1 aliphatic heterocycles. The summed E-state index contributed by atoms with van der Waals surface area (Å²) < 4.78 is 9.83. The van der Waals surface area contributed by atoms with Crippen LogP contribution in [0.25, 0.3) is 0 Å². The first kappa shape index (κ1) is 22.9. The highest BCUT2D eigenvalue weighted by Crippen LogP contribution is 2.24. The summed E-state index contributed by atoms with van der Waals surface area (Å²) in [4.78, 5) is 42.1. The molecule has 1 saturated heterocycles. The van der Waals surface area contributed by atoms with E-state index in [9.17, 15) is 19.5 Å². The monoisotopic (exact) mass is 428 g/mol. The van der Waals surface area contributed by atoms with Crippen LogP contribution < -0.4 is 15.5 Å². The summed E-state index contributed by atoms with van der Waals surface area (Å²) in [7, 11) is 1.18. The van der Waals surface area contributed by atoms with Crippen LogP contribution in [0.4, 0.5) is 9.93 Å². The van der Waals surface area contributed by atoms with E-state index < -0.39 is 36.2 Å². The zero-order valence-electron chi connectivity index (χ0n) is 17.1. The van der Waals surface area contributed by atoms with Crippen molar-refractivity contribution in [2.24, 2.45) is 0 Å². The van der Waals surface area contributed by atoms with Gasteiger partial charge in [0.2, 0.25) is 0 Å². The molecule has 29 heavy (non-hydrogen) atoms. The molecule has 10 nitrogen and oxygen atoms in total. The second-order valence-electron chi connectivity index (χ2n) is 7.68. The predicted molar refractivity (Wildman–Crippen MR) is 107 cm³/mol. The number of carbonyl (C=O) groups excluding carboxylic acids is 3. The first-order valence-electron chi connectivity index (χ1n) is 9.32. The molecule has 1 aromatic heterocycles. The molecule has 0 bridgehead atoms. The van der Waals surface area contributed by atoms with E-state index in [0.717, 1.165) is 19.4 Å². The molecule has 1 aromatic rings.